The van der Waals surface area contributed by atoms with Crippen LogP contribution in [0, 0.1) is 17.3 Å². The Morgan fingerprint density at radius 1 is 1.29 bits per heavy atom. The van der Waals surface area contributed by atoms with Crippen molar-refractivity contribution in [3.05, 3.63) is 22.9 Å². The third kappa shape index (κ3) is 6.49. The summed E-state index contributed by atoms with van der Waals surface area (Å²) in [6.45, 7) is 8.35. The molecule has 28 heavy (non-hydrogen) atoms. The highest BCUT2D eigenvalue weighted by Crippen LogP contribution is 2.38. The fourth-order valence-electron chi connectivity index (χ4n) is 3.58. The van der Waals surface area contributed by atoms with E-state index in [0.29, 0.717) is 17.0 Å². The fourth-order valence-corrected chi connectivity index (χ4v) is 4.70. The number of hydrogen-bond acceptors (Lipinski definition) is 6. The molecule has 0 bridgehead atoms. The maximum Gasteiger partial charge on any atom is 0.346 e. The van der Waals surface area contributed by atoms with Crippen LogP contribution in [0.3, 0.4) is 0 Å². The van der Waals surface area contributed by atoms with Gasteiger partial charge in [0.1, 0.15) is 4.91 Å². The van der Waals surface area contributed by atoms with Crippen molar-refractivity contribution in [3.63, 3.8) is 0 Å². The number of allylic oxidation sites excluding steroid dienone is 2. The highest BCUT2D eigenvalue weighted by atomic mass is 32.2. The Morgan fingerprint density at radius 3 is 2.50 bits per heavy atom. The Hall–Kier alpha value is -1.58. The third-order valence-corrected chi connectivity index (χ3v) is 6.16. The predicted octanol–water partition coefficient (Wildman–Crippen LogP) is 3.80. The molecule has 1 atom stereocenters. The van der Waals surface area contributed by atoms with E-state index in [1.165, 1.54) is 18.9 Å². The third-order valence-electron chi connectivity index (χ3n) is 4.94. The van der Waals surface area contributed by atoms with Crippen LogP contribution in [0.25, 0.3) is 0 Å². The summed E-state index contributed by atoms with van der Waals surface area (Å²) in [5.74, 6) is 6.39. The van der Waals surface area contributed by atoms with Crippen molar-refractivity contribution in [1.29, 1.82) is 0 Å². The van der Waals surface area contributed by atoms with Crippen molar-refractivity contribution in [1.82, 2.24) is 15.8 Å². The summed E-state index contributed by atoms with van der Waals surface area (Å²) in [7, 11) is 3.41. The Balaban J connectivity index is 2.00. The number of nitrogens with one attached hydrogen (secondary N) is 2. The summed E-state index contributed by atoms with van der Waals surface area (Å²) in [5, 5.41) is 5.96. The molecule has 2 aliphatic rings. The van der Waals surface area contributed by atoms with Crippen LogP contribution in [0.5, 0.6) is 0 Å². The van der Waals surface area contributed by atoms with E-state index in [2.05, 4.69) is 60.6 Å². The van der Waals surface area contributed by atoms with Gasteiger partial charge < -0.3 is 15.1 Å². The highest BCUT2D eigenvalue weighted by molar-refractivity contribution is 8.05. The highest BCUT2D eigenvalue weighted by Gasteiger charge is 2.32. The first-order valence-electron chi connectivity index (χ1n) is 10.1. The molecular weight excluding hydrogens is 370 g/mol. The lowest BCUT2D eigenvalue weighted by molar-refractivity contribution is -0.135. The summed E-state index contributed by atoms with van der Waals surface area (Å²) in [6.07, 6.45) is 9.33. The van der Waals surface area contributed by atoms with Crippen LogP contribution < -0.4 is 10.7 Å². The lowest BCUT2D eigenvalue weighted by atomic mass is 9.90. The van der Waals surface area contributed by atoms with E-state index in [0.717, 1.165) is 37.8 Å². The van der Waals surface area contributed by atoms with Crippen LogP contribution in [-0.4, -0.2) is 42.5 Å². The van der Waals surface area contributed by atoms with Crippen LogP contribution in [0.15, 0.2) is 22.9 Å². The number of carbonyl (C=O) groups excluding carboxylic acids is 1. The largest absolute Gasteiger partial charge is 0.465 e. The maximum atomic E-state index is 12.3. The molecule has 0 aromatic carbocycles. The summed E-state index contributed by atoms with van der Waals surface area (Å²) in [4.78, 5) is 13.0. The molecule has 0 aromatic rings. The lowest BCUT2D eigenvalue weighted by Crippen LogP contribution is -2.44. The Kier molecular flexibility index (Phi) is 8.33. The van der Waals surface area contributed by atoms with Crippen LogP contribution in [0.2, 0.25) is 0 Å². The minimum absolute atomic E-state index is 0.0350. The fraction of sp³-hybridized carbons (Fsp3) is 0.682. The number of nitrogens with zero attached hydrogens (tertiary/aromatic N) is 1. The summed E-state index contributed by atoms with van der Waals surface area (Å²) in [6, 6.07) is 0.904. The van der Waals surface area contributed by atoms with Crippen molar-refractivity contribution in [2.45, 2.75) is 77.1 Å². The summed E-state index contributed by atoms with van der Waals surface area (Å²) >= 11 is 1.54. The SMILES string of the molecule is C/C=C\N(NC)C1CCC(NC2=C(C(=O)OC)SC(C#CC(C)(C)C)C2)CC1. The molecule has 0 saturated heterocycles. The van der Waals surface area contributed by atoms with Gasteiger partial charge in [0.2, 0.25) is 0 Å². The molecule has 2 N–H and O–H groups in total. The van der Waals surface area contributed by atoms with Crippen molar-refractivity contribution >= 4 is 17.7 Å². The standard InChI is InChI=1S/C22H35N3O2S/c1-7-14-25(23-5)17-10-8-16(9-11-17)24-19-15-18(12-13-22(2,3)4)28-20(19)21(26)27-6/h7,14,16-18,23-24H,8-11,15H2,1-6H3/b14-7-. The summed E-state index contributed by atoms with van der Waals surface area (Å²) < 4.78 is 5.01. The van der Waals surface area contributed by atoms with Crippen molar-refractivity contribution in [2.24, 2.45) is 5.41 Å². The van der Waals surface area contributed by atoms with Gasteiger partial charge in [-0.2, -0.15) is 0 Å². The van der Waals surface area contributed by atoms with Gasteiger partial charge in [0, 0.05) is 42.9 Å². The maximum absolute atomic E-state index is 12.3. The van der Waals surface area contributed by atoms with Crippen molar-refractivity contribution in [2.75, 3.05) is 14.2 Å². The molecule has 1 saturated carbocycles. The molecule has 2 rings (SSSR count). The predicted molar refractivity (Wildman–Crippen MR) is 117 cm³/mol. The molecule has 1 aliphatic heterocycles. The monoisotopic (exact) mass is 405 g/mol. The Labute approximate surface area is 174 Å². The number of ether oxygens (including phenoxy) is 1. The quantitative estimate of drug-likeness (QED) is 0.398. The zero-order valence-corrected chi connectivity index (χ0v) is 18.9. The smallest absolute Gasteiger partial charge is 0.346 e. The van der Waals surface area contributed by atoms with Gasteiger partial charge >= 0.3 is 5.97 Å². The second-order valence-corrected chi connectivity index (χ2v) is 9.61. The molecule has 5 nitrogen and oxygen atoms in total. The van der Waals surface area contributed by atoms with Crippen LogP contribution in [0.4, 0.5) is 0 Å². The molecule has 1 aliphatic carbocycles. The lowest BCUT2D eigenvalue weighted by Gasteiger charge is -2.36. The molecule has 0 aromatic heterocycles. The molecular formula is C22H35N3O2S. The minimum atomic E-state index is -0.254. The molecule has 0 amide bonds. The topological polar surface area (TPSA) is 53.6 Å². The van der Waals surface area contributed by atoms with Crippen LogP contribution in [0.1, 0.15) is 59.8 Å². The molecule has 1 fully saturated rings. The first-order valence-corrected chi connectivity index (χ1v) is 11.0. The number of methoxy groups -OCH3 is 1. The molecule has 0 spiro atoms. The number of rotatable bonds is 6. The van der Waals surface area contributed by atoms with Gasteiger partial charge in [-0.15, -0.1) is 0 Å². The van der Waals surface area contributed by atoms with E-state index in [-0.39, 0.29) is 16.6 Å². The van der Waals surface area contributed by atoms with Crippen molar-refractivity contribution in [3.8, 4) is 11.8 Å². The number of thioether (sulfide) groups is 1. The average Bonchev–Trinajstić information content (AvgIpc) is 3.07. The molecule has 6 heteroatoms. The van der Waals surface area contributed by atoms with E-state index in [1.807, 2.05) is 14.0 Å². The zero-order valence-electron chi connectivity index (χ0n) is 18.1. The van der Waals surface area contributed by atoms with Gasteiger partial charge in [0.05, 0.1) is 12.4 Å². The summed E-state index contributed by atoms with van der Waals surface area (Å²) in [5.41, 5.74) is 4.23. The normalized spacial score (nSPS) is 25.4. The van der Waals surface area contributed by atoms with Gasteiger partial charge in [-0.1, -0.05) is 29.7 Å². The van der Waals surface area contributed by atoms with Gasteiger partial charge in [-0.3, -0.25) is 0 Å². The number of hydrazine groups is 1. The minimum Gasteiger partial charge on any atom is -0.465 e. The van der Waals surface area contributed by atoms with Gasteiger partial charge in [-0.25, -0.2) is 10.2 Å². The molecule has 0 radical (unpaired) electrons. The Morgan fingerprint density at radius 2 is 1.96 bits per heavy atom. The van der Waals surface area contributed by atoms with Crippen LogP contribution in [-0.2, 0) is 9.53 Å². The van der Waals surface area contributed by atoms with Gasteiger partial charge in [-0.05, 0) is 53.4 Å². The Bertz CT molecular complexity index is 661. The second-order valence-electron chi connectivity index (χ2n) is 8.39. The number of esters is 1. The van der Waals surface area contributed by atoms with Gasteiger partial charge in [0.15, 0.2) is 0 Å². The average molecular weight is 406 g/mol. The number of hydrogen-bond donors (Lipinski definition) is 2. The van der Waals surface area contributed by atoms with E-state index < -0.39 is 0 Å². The second kappa shape index (κ2) is 10.3. The first-order chi connectivity index (χ1) is 13.3. The van der Waals surface area contributed by atoms with E-state index in [1.54, 1.807) is 0 Å². The van der Waals surface area contributed by atoms with Gasteiger partial charge in [0.25, 0.3) is 0 Å². The van der Waals surface area contributed by atoms with E-state index >= 15 is 0 Å². The van der Waals surface area contributed by atoms with Crippen molar-refractivity contribution < 1.29 is 9.53 Å². The van der Waals surface area contributed by atoms with Crippen LogP contribution >= 0.6 is 11.8 Å². The zero-order chi connectivity index (χ0) is 20.7. The first kappa shape index (κ1) is 22.7. The number of carbonyl (C=O) groups is 1. The van der Waals surface area contributed by atoms with E-state index in [4.69, 9.17) is 4.74 Å². The molecule has 1 heterocycles. The molecule has 1 unspecified atom stereocenters. The van der Waals surface area contributed by atoms with E-state index in [9.17, 15) is 4.79 Å². The molecule has 156 valence electrons.